The zero-order valence-corrected chi connectivity index (χ0v) is 6.88. The van der Waals surface area contributed by atoms with Gasteiger partial charge in [-0.15, -0.1) is 0 Å². The highest BCUT2D eigenvalue weighted by molar-refractivity contribution is 5.62. The average molecular weight is 154 g/mol. The van der Waals surface area contributed by atoms with Crippen molar-refractivity contribution in [3.8, 4) is 0 Å². The molecule has 2 heteroatoms. The second-order valence-electron chi connectivity index (χ2n) is 3.75. The van der Waals surface area contributed by atoms with Crippen LogP contribution in [0.5, 0.6) is 0 Å². The second-order valence-corrected chi connectivity index (χ2v) is 3.75. The van der Waals surface area contributed by atoms with Crippen LogP contribution in [-0.4, -0.2) is 12.6 Å². The Labute approximate surface area is 67.0 Å². The maximum atomic E-state index is 9.89. The van der Waals surface area contributed by atoms with Crippen LogP contribution in [0.15, 0.2) is 0 Å². The van der Waals surface area contributed by atoms with Gasteiger partial charge in [-0.2, -0.15) is 0 Å². The molecule has 0 atom stereocenters. The van der Waals surface area contributed by atoms with E-state index in [2.05, 4.69) is 0 Å². The summed E-state index contributed by atoms with van der Waals surface area (Å²) in [5.74, 6) is 0.454. The molecule has 0 heterocycles. The summed E-state index contributed by atoms with van der Waals surface area (Å²) >= 11 is 0. The Morgan fingerprint density at radius 1 is 1.27 bits per heavy atom. The maximum absolute atomic E-state index is 9.89. The summed E-state index contributed by atoms with van der Waals surface area (Å²) in [6.45, 7) is 1.99. The number of aldehydes is 2. The molecule has 0 amide bonds. The monoisotopic (exact) mass is 154 g/mol. The lowest BCUT2D eigenvalue weighted by atomic mass is 10.2. The Hall–Kier alpha value is -0.660. The molecule has 0 aliphatic heterocycles. The van der Waals surface area contributed by atoms with E-state index in [4.69, 9.17) is 0 Å². The molecule has 11 heavy (non-hydrogen) atoms. The fourth-order valence-corrected chi connectivity index (χ4v) is 0.547. The van der Waals surface area contributed by atoms with E-state index < -0.39 is 0 Å². The fraction of sp³-hybridized carbons (Fsp3) is 0.778. The summed E-state index contributed by atoms with van der Waals surface area (Å²) in [5, 5.41) is 0. The van der Waals surface area contributed by atoms with Gasteiger partial charge < -0.3 is 9.59 Å². The molecule has 2 rings (SSSR count). The van der Waals surface area contributed by atoms with E-state index >= 15 is 0 Å². The van der Waals surface area contributed by atoms with E-state index in [9.17, 15) is 9.59 Å². The first-order chi connectivity index (χ1) is 5.20. The van der Waals surface area contributed by atoms with E-state index in [-0.39, 0.29) is 5.41 Å². The first-order valence-electron chi connectivity index (χ1n) is 4.12. The van der Waals surface area contributed by atoms with Crippen LogP contribution < -0.4 is 0 Å². The predicted octanol–water partition coefficient (Wildman–Crippen LogP) is 1.58. The SMILES string of the molecule is CC1(C=O)CC1.O=CC1CC1. The Kier molecular flexibility index (Phi) is 2.42. The summed E-state index contributed by atoms with van der Waals surface area (Å²) in [5.41, 5.74) is 0.111. The molecule has 2 aliphatic carbocycles. The molecule has 0 radical (unpaired) electrons. The van der Waals surface area contributed by atoms with Gasteiger partial charge in [-0.1, -0.05) is 6.92 Å². The van der Waals surface area contributed by atoms with Crippen LogP contribution in [0.1, 0.15) is 32.6 Å². The van der Waals surface area contributed by atoms with E-state index in [0.717, 1.165) is 38.3 Å². The Bertz CT molecular complexity index is 155. The van der Waals surface area contributed by atoms with Crippen LogP contribution in [0.4, 0.5) is 0 Å². The van der Waals surface area contributed by atoms with Gasteiger partial charge in [-0.05, 0) is 25.7 Å². The number of carbonyl (C=O) groups is 2. The van der Waals surface area contributed by atoms with Gasteiger partial charge in [0.05, 0.1) is 0 Å². The Balaban J connectivity index is 0.000000112. The first kappa shape index (κ1) is 8.44. The molecule has 62 valence electrons. The third-order valence-corrected chi connectivity index (χ3v) is 2.14. The van der Waals surface area contributed by atoms with Crippen molar-refractivity contribution in [3.63, 3.8) is 0 Å². The molecule has 0 aromatic carbocycles. The minimum atomic E-state index is 0.111. The van der Waals surface area contributed by atoms with Gasteiger partial charge in [0.1, 0.15) is 12.6 Å². The summed E-state index contributed by atoms with van der Waals surface area (Å²) < 4.78 is 0. The highest BCUT2D eigenvalue weighted by Crippen LogP contribution is 2.42. The van der Waals surface area contributed by atoms with Gasteiger partial charge in [0.2, 0.25) is 0 Å². The summed E-state index contributed by atoms with van der Waals surface area (Å²) in [4.78, 5) is 19.5. The minimum Gasteiger partial charge on any atom is -0.303 e. The summed E-state index contributed by atoms with van der Waals surface area (Å²) in [7, 11) is 0. The minimum absolute atomic E-state index is 0.111. The Morgan fingerprint density at radius 3 is 1.82 bits per heavy atom. The fourth-order valence-electron chi connectivity index (χ4n) is 0.547. The van der Waals surface area contributed by atoms with Gasteiger partial charge in [0.25, 0.3) is 0 Å². The van der Waals surface area contributed by atoms with Crippen LogP contribution in [-0.2, 0) is 9.59 Å². The average Bonchev–Trinajstić information content (AvgIpc) is 2.83. The highest BCUT2D eigenvalue weighted by Gasteiger charge is 2.36. The smallest absolute Gasteiger partial charge is 0.125 e. The van der Waals surface area contributed by atoms with Crippen molar-refractivity contribution in [2.75, 3.05) is 0 Å². The number of hydrogen-bond donors (Lipinski definition) is 0. The molecule has 0 bridgehead atoms. The molecule has 2 nitrogen and oxygen atoms in total. The largest absolute Gasteiger partial charge is 0.303 e. The molecule has 2 aliphatic rings. The molecule has 2 saturated carbocycles. The van der Waals surface area contributed by atoms with E-state index in [1.807, 2.05) is 6.92 Å². The summed E-state index contributed by atoms with van der Waals surface area (Å²) in [6.07, 6.45) is 6.58. The standard InChI is InChI=1S/C5H8O.C4H6O/c1-5(4-6)2-3-5;5-3-4-1-2-4/h4H,2-3H2,1H3;3-4H,1-2H2. The van der Waals surface area contributed by atoms with Crippen molar-refractivity contribution in [3.05, 3.63) is 0 Å². The lowest BCUT2D eigenvalue weighted by Gasteiger charge is -1.85. The molecule has 0 saturated heterocycles. The van der Waals surface area contributed by atoms with E-state index in [1.165, 1.54) is 0 Å². The molecule has 2 fully saturated rings. The number of rotatable bonds is 2. The third-order valence-electron chi connectivity index (χ3n) is 2.14. The second kappa shape index (κ2) is 3.16. The third kappa shape index (κ3) is 3.30. The first-order valence-corrected chi connectivity index (χ1v) is 4.12. The number of carbonyl (C=O) groups excluding carboxylic acids is 2. The van der Waals surface area contributed by atoms with Crippen LogP contribution in [0.25, 0.3) is 0 Å². The van der Waals surface area contributed by atoms with Crippen molar-refractivity contribution < 1.29 is 9.59 Å². The number of hydrogen-bond acceptors (Lipinski definition) is 2. The van der Waals surface area contributed by atoms with E-state index in [0.29, 0.717) is 5.92 Å². The molecule has 0 N–H and O–H groups in total. The van der Waals surface area contributed by atoms with Crippen molar-refractivity contribution in [2.45, 2.75) is 32.6 Å². The van der Waals surface area contributed by atoms with Gasteiger partial charge in [0.15, 0.2) is 0 Å². The van der Waals surface area contributed by atoms with Crippen LogP contribution in [0.3, 0.4) is 0 Å². The van der Waals surface area contributed by atoms with Crippen molar-refractivity contribution in [2.24, 2.45) is 11.3 Å². The molecule has 0 unspecified atom stereocenters. The zero-order valence-electron chi connectivity index (χ0n) is 6.88. The normalized spacial score (nSPS) is 24.5. The van der Waals surface area contributed by atoms with E-state index in [1.54, 1.807) is 0 Å². The van der Waals surface area contributed by atoms with Gasteiger partial charge >= 0.3 is 0 Å². The van der Waals surface area contributed by atoms with Crippen molar-refractivity contribution in [1.82, 2.24) is 0 Å². The predicted molar refractivity (Wildman–Crippen MR) is 42.2 cm³/mol. The molecule has 0 aromatic rings. The zero-order chi connectivity index (χ0) is 8.32. The molecular weight excluding hydrogens is 140 g/mol. The van der Waals surface area contributed by atoms with Crippen LogP contribution >= 0.6 is 0 Å². The van der Waals surface area contributed by atoms with Gasteiger partial charge in [-0.3, -0.25) is 0 Å². The highest BCUT2D eigenvalue weighted by atomic mass is 16.1. The lowest BCUT2D eigenvalue weighted by Crippen LogP contribution is -1.90. The van der Waals surface area contributed by atoms with Crippen molar-refractivity contribution >= 4 is 12.6 Å². The quantitative estimate of drug-likeness (QED) is 0.566. The van der Waals surface area contributed by atoms with Gasteiger partial charge in [-0.25, -0.2) is 0 Å². The topological polar surface area (TPSA) is 34.1 Å². The maximum Gasteiger partial charge on any atom is 0.125 e. The lowest BCUT2D eigenvalue weighted by molar-refractivity contribution is -0.111. The molecule has 0 aromatic heterocycles. The van der Waals surface area contributed by atoms with Crippen LogP contribution in [0.2, 0.25) is 0 Å². The molecular formula is C9H14O2. The Morgan fingerprint density at radius 2 is 1.82 bits per heavy atom. The van der Waals surface area contributed by atoms with Crippen molar-refractivity contribution in [1.29, 1.82) is 0 Å². The van der Waals surface area contributed by atoms with Crippen LogP contribution in [0, 0.1) is 11.3 Å². The summed E-state index contributed by atoms with van der Waals surface area (Å²) in [6, 6.07) is 0. The van der Waals surface area contributed by atoms with Gasteiger partial charge in [0, 0.05) is 11.3 Å². The molecule has 0 spiro atoms.